The summed E-state index contributed by atoms with van der Waals surface area (Å²) in [5, 5.41) is 8.65. The molecule has 1 aromatic rings. The number of rotatable bonds is 3. The second kappa shape index (κ2) is 5.99. The average Bonchev–Trinajstić information content (AvgIpc) is 2.42. The lowest BCUT2D eigenvalue weighted by atomic mass is 10.0. The maximum Gasteiger partial charge on any atom is 0.328 e. The monoisotopic (exact) mass is 289 g/mol. The molecule has 1 aliphatic rings. The van der Waals surface area contributed by atoms with Gasteiger partial charge in [0.15, 0.2) is 0 Å². The average molecular weight is 289 g/mol. The molecule has 112 valence electrons. The van der Waals surface area contributed by atoms with Crippen LogP contribution in [0.25, 0.3) is 0 Å². The van der Waals surface area contributed by atoms with Crippen molar-refractivity contribution in [3.8, 4) is 5.75 Å². The predicted molar refractivity (Wildman–Crippen MR) is 79.6 cm³/mol. The van der Waals surface area contributed by atoms with E-state index in [9.17, 15) is 9.59 Å². The molecule has 0 spiro atoms. The summed E-state index contributed by atoms with van der Waals surface area (Å²) in [6.07, 6.45) is 1.83. The van der Waals surface area contributed by atoms with Gasteiger partial charge in [-0.3, -0.25) is 4.79 Å². The summed E-state index contributed by atoms with van der Waals surface area (Å²) in [6.45, 7) is 6.43. The van der Waals surface area contributed by atoms with Gasteiger partial charge in [-0.05, 0) is 30.5 Å². The van der Waals surface area contributed by atoms with Gasteiger partial charge in [-0.1, -0.05) is 19.9 Å². The van der Waals surface area contributed by atoms with Crippen molar-refractivity contribution in [1.82, 2.24) is 0 Å². The number of hydrogen-bond acceptors (Lipinski definition) is 3. The first-order chi connectivity index (χ1) is 9.88. The van der Waals surface area contributed by atoms with Crippen molar-refractivity contribution < 1.29 is 19.4 Å². The highest BCUT2D eigenvalue weighted by Crippen LogP contribution is 2.35. The lowest BCUT2D eigenvalue weighted by Crippen LogP contribution is -2.45. The number of nitrogens with zero attached hydrogens (tertiary/aromatic N) is 1. The van der Waals surface area contributed by atoms with Crippen LogP contribution in [0.15, 0.2) is 30.4 Å². The van der Waals surface area contributed by atoms with Crippen LogP contribution >= 0.6 is 0 Å². The summed E-state index contributed by atoms with van der Waals surface area (Å²) >= 11 is 0. The fraction of sp³-hybridized carbons (Fsp3) is 0.375. The van der Waals surface area contributed by atoms with Crippen molar-refractivity contribution in [3.05, 3.63) is 35.9 Å². The molecule has 5 heteroatoms. The topological polar surface area (TPSA) is 66.8 Å². The highest BCUT2D eigenvalue weighted by atomic mass is 16.5. The summed E-state index contributed by atoms with van der Waals surface area (Å²) in [4.78, 5) is 24.4. The molecule has 0 aliphatic carbocycles. The van der Waals surface area contributed by atoms with E-state index >= 15 is 0 Å². The number of carbonyl (C=O) groups excluding carboxylic acids is 1. The zero-order valence-corrected chi connectivity index (χ0v) is 12.4. The van der Waals surface area contributed by atoms with Gasteiger partial charge in [0.25, 0.3) is 5.91 Å². The van der Waals surface area contributed by atoms with Crippen LogP contribution < -0.4 is 9.64 Å². The number of aliphatic carboxylic acids is 1. The van der Waals surface area contributed by atoms with Crippen molar-refractivity contribution in [3.63, 3.8) is 0 Å². The summed E-state index contributed by atoms with van der Waals surface area (Å²) in [6, 6.07) is 5.62. The van der Waals surface area contributed by atoms with E-state index in [1.807, 2.05) is 39.0 Å². The first-order valence-corrected chi connectivity index (χ1v) is 6.88. The molecule has 21 heavy (non-hydrogen) atoms. The fourth-order valence-corrected chi connectivity index (χ4v) is 2.21. The quantitative estimate of drug-likeness (QED) is 0.868. The van der Waals surface area contributed by atoms with E-state index in [0.29, 0.717) is 18.0 Å². The molecule has 5 nitrogen and oxygen atoms in total. The standard InChI is InChI=1S/C16H19NO4/c1-10(2)14-9-17(15(18)6-7-16(19)20)12-5-4-11(3)8-13(12)21-14/h4-8,10,14H,9H2,1-3H3,(H,19,20). The van der Waals surface area contributed by atoms with Crippen LogP contribution in [0.3, 0.4) is 0 Å². The number of fused-ring (bicyclic) bond motifs is 1. The Morgan fingerprint density at radius 2 is 2.10 bits per heavy atom. The molecule has 1 atom stereocenters. The molecule has 0 saturated carbocycles. The molecule has 2 rings (SSSR count). The second-order valence-electron chi connectivity index (χ2n) is 5.49. The Hall–Kier alpha value is -2.30. The minimum Gasteiger partial charge on any atom is -0.486 e. The second-order valence-corrected chi connectivity index (χ2v) is 5.49. The number of carboxylic acids is 1. The van der Waals surface area contributed by atoms with Crippen LogP contribution in [0.5, 0.6) is 5.75 Å². The number of amides is 1. The van der Waals surface area contributed by atoms with E-state index in [4.69, 9.17) is 9.84 Å². The molecule has 0 fully saturated rings. The zero-order valence-electron chi connectivity index (χ0n) is 12.4. The lowest BCUT2D eigenvalue weighted by Gasteiger charge is -2.36. The largest absolute Gasteiger partial charge is 0.486 e. The maximum atomic E-state index is 12.2. The van der Waals surface area contributed by atoms with Crippen molar-refractivity contribution >= 4 is 17.6 Å². The van der Waals surface area contributed by atoms with E-state index in [2.05, 4.69) is 0 Å². The number of benzene rings is 1. The SMILES string of the molecule is Cc1ccc2c(c1)OC(C(C)C)CN2C(=O)C=CC(=O)O. The van der Waals surface area contributed by atoms with Crippen LogP contribution in [0.4, 0.5) is 5.69 Å². The molecule has 1 heterocycles. The van der Waals surface area contributed by atoms with E-state index < -0.39 is 5.97 Å². The normalized spacial score (nSPS) is 17.7. The van der Waals surface area contributed by atoms with Gasteiger partial charge in [-0.25, -0.2) is 4.79 Å². The third-order valence-electron chi connectivity index (χ3n) is 3.43. The molecule has 0 aromatic heterocycles. The van der Waals surface area contributed by atoms with Crippen LogP contribution in [-0.2, 0) is 9.59 Å². The minimum absolute atomic E-state index is 0.110. The molecule has 1 amide bonds. The van der Waals surface area contributed by atoms with Gasteiger partial charge in [0.2, 0.25) is 0 Å². The van der Waals surface area contributed by atoms with Gasteiger partial charge in [0, 0.05) is 12.2 Å². The molecule has 0 bridgehead atoms. The van der Waals surface area contributed by atoms with Crippen molar-refractivity contribution in [1.29, 1.82) is 0 Å². The van der Waals surface area contributed by atoms with Crippen LogP contribution in [0.2, 0.25) is 0 Å². The zero-order chi connectivity index (χ0) is 15.6. The summed E-state index contributed by atoms with van der Waals surface area (Å²) in [7, 11) is 0. The molecule has 1 aromatic carbocycles. The number of aryl methyl sites for hydroxylation is 1. The Morgan fingerprint density at radius 3 is 2.71 bits per heavy atom. The Bertz CT molecular complexity index is 592. The Kier molecular flexibility index (Phi) is 4.31. The molecular weight excluding hydrogens is 270 g/mol. The van der Waals surface area contributed by atoms with E-state index in [1.165, 1.54) is 0 Å². The van der Waals surface area contributed by atoms with Crippen LogP contribution in [0.1, 0.15) is 19.4 Å². The third-order valence-corrected chi connectivity index (χ3v) is 3.43. The fourth-order valence-electron chi connectivity index (χ4n) is 2.21. The Morgan fingerprint density at radius 1 is 1.38 bits per heavy atom. The highest BCUT2D eigenvalue weighted by Gasteiger charge is 2.30. The third kappa shape index (κ3) is 3.42. The minimum atomic E-state index is -1.14. The van der Waals surface area contributed by atoms with E-state index in [0.717, 1.165) is 17.7 Å². The summed E-state index contributed by atoms with van der Waals surface area (Å²) in [5.41, 5.74) is 1.73. The lowest BCUT2D eigenvalue weighted by molar-refractivity contribution is -0.131. The van der Waals surface area contributed by atoms with Gasteiger partial charge in [-0.2, -0.15) is 0 Å². The van der Waals surface area contributed by atoms with Crippen molar-refractivity contribution in [2.75, 3.05) is 11.4 Å². The van der Waals surface area contributed by atoms with Crippen LogP contribution in [-0.4, -0.2) is 29.6 Å². The van der Waals surface area contributed by atoms with Gasteiger partial charge >= 0.3 is 5.97 Å². The van der Waals surface area contributed by atoms with Crippen LogP contribution in [0, 0.1) is 12.8 Å². The number of anilines is 1. The number of hydrogen-bond donors (Lipinski definition) is 1. The van der Waals surface area contributed by atoms with Crippen molar-refractivity contribution in [2.45, 2.75) is 26.9 Å². The summed E-state index contributed by atoms with van der Waals surface area (Å²) in [5.74, 6) is -0.577. The number of carboxylic acid groups (broad SMARTS) is 1. The van der Waals surface area contributed by atoms with Crippen molar-refractivity contribution in [2.24, 2.45) is 5.92 Å². The Labute approximate surface area is 123 Å². The highest BCUT2D eigenvalue weighted by molar-refractivity contribution is 6.05. The Balaban J connectivity index is 2.36. The van der Waals surface area contributed by atoms with Gasteiger partial charge in [0.05, 0.1) is 12.2 Å². The first-order valence-electron chi connectivity index (χ1n) is 6.88. The molecule has 0 radical (unpaired) electrons. The predicted octanol–water partition coefficient (Wildman–Crippen LogP) is 2.39. The van der Waals surface area contributed by atoms with Gasteiger partial charge < -0.3 is 14.7 Å². The molecular formula is C16H19NO4. The number of carbonyl (C=O) groups is 2. The molecule has 1 aliphatic heterocycles. The maximum absolute atomic E-state index is 12.2. The molecule has 1 N–H and O–H groups in total. The smallest absolute Gasteiger partial charge is 0.328 e. The van der Waals surface area contributed by atoms with E-state index in [-0.39, 0.29) is 17.9 Å². The van der Waals surface area contributed by atoms with Gasteiger partial charge in [-0.15, -0.1) is 0 Å². The molecule has 0 saturated heterocycles. The van der Waals surface area contributed by atoms with Gasteiger partial charge in [0.1, 0.15) is 11.9 Å². The summed E-state index contributed by atoms with van der Waals surface area (Å²) < 4.78 is 5.95. The number of ether oxygens (including phenoxy) is 1. The first kappa shape index (κ1) is 15.1. The van der Waals surface area contributed by atoms with E-state index in [1.54, 1.807) is 4.90 Å². The molecule has 1 unspecified atom stereocenters.